The number of hydrogen-bond donors (Lipinski definition) is 0. The van der Waals surface area contributed by atoms with Crippen LogP contribution in [0.4, 0.5) is 5.69 Å². The topological polar surface area (TPSA) is 50.5 Å². The summed E-state index contributed by atoms with van der Waals surface area (Å²) in [7, 11) is 0. The van der Waals surface area contributed by atoms with Gasteiger partial charge in [-0.05, 0) is 48.0 Å². The van der Waals surface area contributed by atoms with Crippen LogP contribution in [0.2, 0.25) is 5.02 Å². The minimum atomic E-state index is -0.584. The molecule has 29 heavy (non-hydrogen) atoms. The standard InChI is InChI=1S/C23H13BrClNO3/c24-14-6-9-16(10-7-14)26-20(13-4-2-1-3-5-13)19-21(27)17-12-15(25)8-11-18(17)29-22(19)23(26)28/h1-12,20H. The lowest BCUT2D eigenvalue weighted by molar-refractivity contribution is 0.0971. The van der Waals surface area contributed by atoms with Gasteiger partial charge in [0.05, 0.1) is 17.0 Å². The van der Waals surface area contributed by atoms with E-state index in [9.17, 15) is 9.59 Å². The molecular formula is C23H13BrClNO3. The van der Waals surface area contributed by atoms with Crippen LogP contribution in [0.3, 0.4) is 0 Å². The highest BCUT2D eigenvalue weighted by molar-refractivity contribution is 9.10. The van der Waals surface area contributed by atoms with Gasteiger partial charge in [0.1, 0.15) is 5.58 Å². The summed E-state index contributed by atoms with van der Waals surface area (Å²) in [4.78, 5) is 28.4. The van der Waals surface area contributed by atoms with Gasteiger partial charge in [-0.15, -0.1) is 0 Å². The zero-order valence-electron chi connectivity index (χ0n) is 14.9. The first kappa shape index (κ1) is 18.2. The second kappa shape index (κ2) is 6.87. The number of hydrogen-bond acceptors (Lipinski definition) is 3. The summed E-state index contributed by atoms with van der Waals surface area (Å²) in [6.45, 7) is 0. The molecule has 1 amide bonds. The molecule has 1 aromatic heterocycles. The molecule has 2 heterocycles. The summed E-state index contributed by atoms with van der Waals surface area (Å²) >= 11 is 9.52. The molecule has 1 aliphatic heterocycles. The quantitative estimate of drug-likeness (QED) is 0.366. The molecule has 3 aromatic carbocycles. The molecule has 0 radical (unpaired) electrons. The van der Waals surface area contributed by atoms with E-state index in [2.05, 4.69) is 15.9 Å². The first-order valence-electron chi connectivity index (χ1n) is 8.95. The van der Waals surface area contributed by atoms with E-state index < -0.39 is 6.04 Å². The monoisotopic (exact) mass is 465 g/mol. The molecule has 0 bridgehead atoms. The fraction of sp³-hybridized carbons (Fsp3) is 0.0435. The van der Waals surface area contributed by atoms with Gasteiger partial charge in [-0.25, -0.2) is 0 Å². The third-order valence-electron chi connectivity index (χ3n) is 5.05. The minimum Gasteiger partial charge on any atom is -0.450 e. The SMILES string of the molecule is O=C1c2oc3ccc(Cl)cc3c(=O)c2C(c2ccccc2)N1c1ccc(Br)cc1. The van der Waals surface area contributed by atoms with Crippen LogP contribution in [0.5, 0.6) is 0 Å². The number of benzene rings is 3. The highest BCUT2D eigenvalue weighted by Gasteiger charge is 2.43. The van der Waals surface area contributed by atoms with Gasteiger partial charge in [0.15, 0.2) is 5.43 Å². The second-order valence-electron chi connectivity index (χ2n) is 6.78. The van der Waals surface area contributed by atoms with Gasteiger partial charge < -0.3 is 4.42 Å². The summed E-state index contributed by atoms with van der Waals surface area (Å²) in [5, 5.41) is 0.803. The number of rotatable bonds is 2. The Balaban J connectivity index is 1.82. The van der Waals surface area contributed by atoms with E-state index in [1.165, 1.54) is 0 Å². The van der Waals surface area contributed by atoms with E-state index in [1.54, 1.807) is 23.1 Å². The first-order chi connectivity index (χ1) is 14.0. The van der Waals surface area contributed by atoms with Crippen molar-refractivity contribution in [1.82, 2.24) is 0 Å². The number of anilines is 1. The van der Waals surface area contributed by atoms with Crippen molar-refractivity contribution in [3.63, 3.8) is 0 Å². The van der Waals surface area contributed by atoms with E-state index in [0.717, 1.165) is 10.0 Å². The van der Waals surface area contributed by atoms with Gasteiger partial charge >= 0.3 is 0 Å². The third-order valence-corrected chi connectivity index (χ3v) is 5.82. The highest BCUT2D eigenvalue weighted by Crippen LogP contribution is 2.41. The molecule has 142 valence electrons. The average Bonchev–Trinajstić information content (AvgIpc) is 3.03. The lowest BCUT2D eigenvalue weighted by Crippen LogP contribution is -2.29. The van der Waals surface area contributed by atoms with E-state index in [1.807, 2.05) is 54.6 Å². The van der Waals surface area contributed by atoms with Crippen molar-refractivity contribution in [1.29, 1.82) is 0 Å². The molecule has 1 aliphatic rings. The molecule has 0 aliphatic carbocycles. The molecule has 5 rings (SSSR count). The summed E-state index contributed by atoms with van der Waals surface area (Å²) in [5.41, 5.74) is 1.94. The number of amides is 1. The predicted octanol–water partition coefficient (Wildman–Crippen LogP) is 5.96. The molecule has 0 spiro atoms. The van der Waals surface area contributed by atoms with Gasteiger partial charge in [-0.1, -0.05) is 57.9 Å². The van der Waals surface area contributed by atoms with Gasteiger partial charge in [0, 0.05) is 15.2 Å². The molecule has 1 atom stereocenters. The molecule has 4 aromatic rings. The Kier molecular flexibility index (Phi) is 4.30. The highest BCUT2D eigenvalue weighted by atomic mass is 79.9. The number of carbonyl (C=O) groups excluding carboxylic acids is 1. The first-order valence-corrected chi connectivity index (χ1v) is 10.1. The number of carbonyl (C=O) groups is 1. The maximum Gasteiger partial charge on any atom is 0.295 e. The van der Waals surface area contributed by atoms with Crippen molar-refractivity contribution in [2.24, 2.45) is 0 Å². The Morgan fingerprint density at radius 2 is 1.66 bits per heavy atom. The van der Waals surface area contributed by atoms with Crippen LogP contribution in [0.15, 0.2) is 86.5 Å². The zero-order valence-corrected chi connectivity index (χ0v) is 17.3. The van der Waals surface area contributed by atoms with Crippen molar-refractivity contribution < 1.29 is 9.21 Å². The number of fused-ring (bicyclic) bond motifs is 2. The molecule has 1 unspecified atom stereocenters. The normalized spacial score (nSPS) is 15.7. The second-order valence-corrected chi connectivity index (χ2v) is 8.13. The van der Waals surface area contributed by atoms with E-state index >= 15 is 0 Å². The molecular weight excluding hydrogens is 454 g/mol. The van der Waals surface area contributed by atoms with Crippen molar-refractivity contribution in [3.8, 4) is 0 Å². The van der Waals surface area contributed by atoms with Crippen molar-refractivity contribution in [2.75, 3.05) is 4.90 Å². The van der Waals surface area contributed by atoms with Crippen molar-refractivity contribution in [3.05, 3.63) is 109 Å². The molecule has 4 nitrogen and oxygen atoms in total. The number of nitrogens with zero attached hydrogens (tertiary/aromatic N) is 1. The van der Waals surface area contributed by atoms with Gasteiger partial charge in [0.25, 0.3) is 5.91 Å². The van der Waals surface area contributed by atoms with E-state index in [-0.39, 0.29) is 17.1 Å². The molecule has 0 fully saturated rings. The summed E-state index contributed by atoms with van der Waals surface area (Å²) in [6, 6.07) is 21.1. The van der Waals surface area contributed by atoms with Gasteiger partial charge in [0.2, 0.25) is 5.76 Å². The fourth-order valence-corrected chi connectivity index (χ4v) is 4.20. The maximum absolute atomic E-state index is 13.4. The van der Waals surface area contributed by atoms with Crippen LogP contribution >= 0.6 is 27.5 Å². The Labute approximate surface area is 179 Å². The fourth-order valence-electron chi connectivity index (χ4n) is 3.76. The van der Waals surface area contributed by atoms with Crippen LogP contribution < -0.4 is 10.3 Å². The number of halogens is 2. The summed E-state index contributed by atoms with van der Waals surface area (Å²) in [5.74, 6) is -0.272. The maximum atomic E-state index is 13.4. The predicted molar refractivity (Wildman–Crippen MR) is 117 cm³/mol. The van der Waals surface area contributed by atoms with Crippen LogP contribution in [0.1, 0.15) is 27.7 Å². The Morgan fingerprint density at radius 3 is 2.38 bits per heavy atom. The Bertz CT molecular complexity index is 1320. The van der Waals surface area contributed by atoms with E-state index in [4.69, 9.17) is 16.0 Å². The van der Waals surface area contributed by atoms with Crippen LogP contribution in [-0.4, -0.2) is 5.91 Å². The Morgan fingerprint density at radius 1 is 0.931 bits per heavy atom. The molecule has 0 saturated carbocycles. The van der Waals surface area contributed by atoms with Crippen LogP contribution in [0.25, 0.3) is 11.0 Å². The Hall–Kier alpha value is -2.89. The largest absolute Gasteiger partial charge is 0.450 e. The average molecular weight is 467 g/mol. The van der Waals surface area contributed by atoms with Crippen molar-refractivity contribution >= 4 is 50.1 Å². The lowest BCUT2D eigenvalue weighted by Gasteiger charge is -2.25. The minimum absolute atomic E-state index is 0.0709. The zero-order chi connectivity index (χ0) is 20.1. The molecule has 0 N–H and O–H groups in total. The summed E-state index contributed by atoms with van der Waals surface area (Å²) in [6.07, 6.45) is 0. The summed E-state index contributed by atoms with van der Waals surface area (Å²) < 4.78 is 6.82. The smallest absolute Gasteiger partial charge is 0.295 e. The third kappa shape index (κ3) is 2.89. The van der Waals surface area contributed by atoms with E-state index in [0.29, 0.717) is 27.2 Å². The van der Waals surface area contributed by atoms with Crippen LogP contribution in [-0.2, 0) is 0 Å². The van der Waals surface area contributed by atoms with Gasteiger partial charge in [-0.3, -0.25) is 14.5 Å². The van der Waals surface area contributed by atoms with Crippen LogP contribution in [0, 0.1) is 0 Å². The van der Waals surface area contributed by atoms with Crippen molar-refractivity contribution in [2.45, 2.75) is 6.04 Å². The lowest BCUT2D eigenvalue weighted by atomic mass is 9.98. The molecule has 0 saturated heterocycles. The van der Waals surface area contributed by atoms with Gasteiger partial charge in [-0.2, -0.15) is 0 Å². The molecule has 6 heteroatoms.